The molecule has 0 aliphatic carbocycles. The maximum Gasteiger partial charge on any atom is 0.234 e. The number of hydrogen-bond acceptors (Lipinski definition) is 6. The molecule has 36 heavy (non-hydrogen) atoms. The Kier molecular flexibility index (Phi) is 7.05. The lowest BCUT2D eigenvalue weighted by Crippen LogP contribution is -2.15. The Hall–Kier alpha value is -4.43. The van der Waals surface area contributed by atoms with Gasteiger partial charge in [0.15, 0.2) is 16.7 Å². The summed E-state index contributed by atoms with van der Waals surface area (Å²) in [6.45, 7) is 2.03. The zero-order valence-electron chi connectivity index (χ0n) is 19.5. The number of para-hydroxylation sites is 4. The van der Waals surface area contributed by atoms with Gasteiger partial charge in [-0.25, -0.2) is 0 Å². The maximum atomic E-state index is 12.9. The number of pyridine rings is 1. The normalized spacial score (nSPS) is 10.7. The summed E-state index contributed by atoms with van der Waals surface area (Å²) < 4.78 is 7.93. The van der Waals surface area contributed by atoms with Crippen LogP contribution in [-0.2, 0) is 4.79 Å². The molecule has 5 aromatic rings. The molecule has 0 fully saturated rings. The lowest BCUT2D eigenvalue weighted by atomic mass is 10.2. The van der Waals surface area contributed by atoms with Crippen LogP contribution in [0.3, 0.4) is 0 Å². The van der Waals surface area contributed by atoms with Crippen molar-refractivity contribution in [1.82, 2.24) is 19.7 Å². The molecular weight excluding hydrogens is 470 g/mol. The summed E-state index contributed by atoms with van der Waals surface area (Å²) in [4.78, 5) is 17.1. The van der Waals surface area contributed by atoms with Crippen LogP contribution >= 0.6 is 11.8 Å². The van der Waals surface area contributed by atoms with E-state index in [-0.39, 0.29) is 11.7 Å². The molecular formula is C28H23N5O2S. The van der Waals surface area contributed by atoms with E-state index < -0.39 is 0 Å². The highest BCUT2D eigenvalue weighted by molar-refractivity contribution is 7.99. The van der Waals surface area contributed by atoms with Crippen LogP contribution in [0.15, 0.2) is 109 Å². The Balaban J connectivity index is 1.36. The van der Waals surface area contributed by atoms with E-state index in [2.05, 4.69) is 20.5 Å². The van der Waals surface area contributed by atoms with E-state index in [0.29, 0.717) is 28.2 Å². The summed E-state index contributed by atoms with van der Waals surface area (Å²) in [6.07, 6.45) is 3.47. The molecule has 0 bridgehead atoms. The van der Waals surface area contributed by atoms with Crippen LogP contribution in [0, 0.1) is 6.92 Å². The number of nitrogens with one attached hydrogen (secondary N) is 1. The number of aromatic nitrogens is 4. The van der Waals surface area contributed by atoms with Crippen LogP contribution in [0.5, 0.6) is 11.5 Å². The minimum Gasteiger partial charge on any atom is -0.455 e. The highest BCUT2D eigenvalue weighted by Crippen LogP contribution is 2.31. The van der Waals surface area contributed by atoms with Crippen molar-refractivity contribution in [2.24, 2.45) is 0 Å². The van der Waals surface area contributed by atoms with Gasteiger partial charge in [0.2, 0.25) is 5.91 Å². The number of thioether (sulfide) groups is 1. The van der Waals surface area contributed by atoms with Crippen LogP contribution in [0.4, 0.5) is 5.69 Å². The Morgan fingerprint density at radius 2 is 1.69 bits per heavy atom. The highest BCUT2D eigenvalue weighted by Gasteiger charge is 2.19. The number of carbonyl (C=O) groups is 1. The first-order valence-electron chi connectivity index (χ1n) is 11.4. The van der Waals surface area contributed by atoms with Gasteiger partial charge >= 0.3 is 0 Å². The van der Waals surface area contributed by atoms with E-state index >= 15 is 0 Å². The van der Waals surface area contributed by atoms with Gasteiger partial charge in [-0.2, -0.15) is 0 Å². The van der Waals surface area contributed by atoms with Crippen molar-refractivity contribution in [3.63, 3.8) is 0 Å². The van der Waals surface area contributed by atoms with Gasteiger partial charge in [-0.15, -0.1) is 10.2 Å². The fraction of sp³-hybridized carbons (Fsp3) is 0.0714. The second-order valence-corrected chi connectivity index (χ2v) is 8.86. The first kappa shape index (κ1) is 23.3. The van der Waals surface area contributed by atoms with Crippen LogP contribution in [0.2, 0.25) is 0 Å². The Morgan fingerprint density at radius 1 is 0.917 bits per heavy atom. The molecule has 1 N–H and O–H groups in total. The van der Waals surface area contributed by atoms with Crippen molar-refractivity contribution in [2.75, 3.05) is 11.1 Å². The van der Waals surface area contributed by atoms with Gasteiger partial charge in [0.05, 0.1) is 17.1 Å². The molecule has 7 nitrogen and oxygen atoms in total. The number of aryl methyl sites for hydroxylation is 1. The summed E-state index contributed by atoms with van der Waals surface area (Å²) in [5.74, 6) is 1.91. The topological polar surface area (TPSA) is 81.9 Å². The SMILES string of the molecule is Cc1ccccc1-n1c(SCC(=O)Nc2ccccc2Oc2ccccc2)nnc1-c1cccnc1. The molecule has 0 unspecified atom stereocenters. The minimum atomic E-state index is -0.175. The van der Waals surface area contributed by atoms with Crippen molar-refractivity contribution in [3.05, 3.63) is 109 Å². The summed E-state index contributed by atoms with van der Waals surface area (Å²) in [5, 5.41) is 12.4. The fourth-order valence-corrected chi connectivity index (χ4v) is 4.41. The van der Waals surface area contributed by atoms with Crippen molar-refractivity contribution < 1.29 is 9.53 Å². The molecule has 0 aliphatic heterocycles. The van der Waals surface area contributed by atoms with Crippen molar-refractivity contribution >= 4 is 23.4 Å². The smallest absolute Gasteiger partial charge is 0.234 e. The van der Waals surface area contributed by atoms with E-state index in [4.69, 9.17) is 4.74 Å². The predicted octanol–water partition coefficient (Wildman–Crippen LogP) is 6.16. The standard InChI is InChI=1S/C28H23N5O2S/c1-20-10-5-7-15-24(20)33-27(21-11-9-17-29-18-21)31-32-28(33)36-19-26(34)30-23-14-6-8-16-25(23)35-22-12-3-2-4-13-22/h2-18H,19H2,1H3,(H,30,34). The molecule has 8 heteroatoms. The lowest BCUT2D eigenvalue weighted by molar-refractivity contribution is -0.113. The maximum absolute atomic E-state index is 12.9. The van der Waals surface area contributed by atoms with Crippen molar-refractivity contribution in [2.45, 2.75) is 12.1 Å². The molecule has 0 aliphatic rings. The summed E-state index contributed by atoms with van der Waals surface area (Å²) in [5.41, 5.74) is 3.46. The Morgan fingerprint density at radius 3 is 2.50 bits per heavy atom. The number of anilines is 1. The molecule has 0 saturated carbocycles. The molecule has 2 heterocycles. The molecule has 0 spiro atoms. The molecule has 1 amide bonds. The van der Waals surface area contributed by atoms with Crippen molar-refractivity contribution in [1.29, 1.82) is 0 Å². The molecule has 0 atom stereocenters. The van der Waals surface area contributed by atoms with Gasteiger partial charge in [0.25, 0.3) is 0 Å². The number of nitrogens with zero attached hydrogens (tertiary/aromatic N) is 4. The monoisotopic (exact) mass is 493 g/mol. The predicted molar refractivity (Wildman–Crippen MR) is 142 cm³/mol. The number of ether oxygens (including phenoxy) is 1. The quantitative estimate of drug-likeness (QED) is 0.261. The van der Waals surface area contributed by atoms with Gasteiger partial charge in [0.1, 0.15) is 5.75 Å². The number of benzene rings is 3. The van der Waals surface area contributed by atoms with Crippen molar-refractivity contribution in [3.8, 4) is 28.6 Å². The largest absolute Gasteiger partial charge is 0.455 e. The van der Waals surface area contributed by atoms with Crippen LogP contribution in [0.25, 0.3) is 17.1 Å². The second-order valence-electron chi connectivity index (χ2n) is 7.92. The second kappa shape index (κ2) is 10.9. The van der Waals surface area contributed by atoms with Gasteiger partial charge < -0.3 is 10.1 Å². The Bertz CT molecular complexity index is 1470. The summed E-state index contributed by atoms with van der Waals surface area (Å²) in [7, 11) is 0. The number of carbonyl (C=O) groups excluding carboxylic acids is 1. The third-order valence-electron chi connectivity index (χ3n) is 5.37. The minimum absolute atomic E-state index is 0.150. The van der Waals surface area contributed by atoms with Gasteiger partial charge in [-0.05, 0) is 55.0 Å². The molecule has 178 valence electrons. The lowest BCUT2D eigenvalue weighted by Gasteiger charge is -2.13. The summed E-state index contributed by atoms with van der Waals surface area (Å²) >= 11 is 1.32. The van der Waals surface area contributed by atoms with Gasteiger partial charge in [0, 0.05) is 18.0 Å². The van der Waals surface area contributed by atoms with Crippen LogP contribution in [-0.4, -0.2) is 31.4 Å². The number of hydrogen-bond donors (Lipinski definition) is 1. The Labute approximate surface area is 213 Å². The average molecular weight is 494 g/mol. The van der Waals surface area contributed by atoms with Gasteiger partial charge in [-0.1, -0.05) is 60.3 Å². The number of amides is 1. The zero-order valence-corrected chi connectivity index (χ0v) is 20.4. The molecule has 5 rings (SSSR count). The fourth-order valence-electron chi connectivity index (χ4n) is 3.67. The highest BCUT2D eigenvalue weighted by atomic mass is 32.2. The van der Waals surface area contributed by atoms with E-state index in [0.717, 1.165) is 16.8 Å². The van der Waals surface area contributed by atoms with Crippen LogP contribution < -0.4 is 10.1 Å². The molecule has 2 aromatic heterocycles. The molecule has 0 saturated heterocycles. The van der Waals surface area contributed by atoms with Crippen LogP contribution in [0.1, 0.15) is 5.56 Å². The third-order valence-corrected chi connectivity index (χ3v) is 6.30. The molecule has 0 radical (unpaired) electrons. The van der Waals surface area contributed by atoms with Gasteiger partial charge in [-0.3, -0.25) is 14.3 Å². The van der Waals surface area contributed by atoms with E-state index in [9.17, 15) is 4.79 Å². The first-order chi connectivity index (χ1) is 17.7. The third kappa shape index (κ3) is 5.29. The van der Waals surface area contributed by atoms with E-state index in [1.54, 1.807) is 12.4 Å². The summed E-state index contributed by atoms with van der Waals surface area (Å²) in [6, 6.07) is 28.6. The zero-order chi connectivity index (χ0) is 24.7. The van der Waals surface area contributed by atoms with E-state index in [1.165, 1.54) is 11.8 Å². The first-order valence-corrected chi connectivity index (χ1v) is 12.3. The number of rotatable bonds is 8. The van der Waals surface area contributed by atoms with E-state index in [1.807, 2.05) is 102 Å². The average Bonchev–Trinajstić information content (AvgIpc) is 3.34. The molecule has 3 aromatic carbocycles.